The second kappa shape index (κ2) is 5.44. The van der Waals surface area contributed by atoms with Crippen LogP contribution in [0.2, 0.25) is 0 Å². The van der Waals surface area contributed by atoms with Gasteiger partial charge in [0.1, 0.15) is 0 Å². The first kappa shape index (κ1) is 16.0. The highest BCUT2D eigenvalue weighted by Crippen LogP contribution is 2.43. The second-order valence-electron chi connectivity index (χ2n) is 7.26. The number of hydrogen-bond donors (Lipinski definition) is 1. The van der Waals surface area contributed by atoms with Crippen molar-refractivity contribution in [2.24, 2.45) is 17.1 Å². The van der Waals surface area contributed by atoms with Crippen LogP contribution < -0.4 is 5.73 Å². The predicted octanol–water partition coefficient (Wildman–Crippen LogP) is 2.58. The average Bonchev–Trinajstić information content (AvgIpc) is 2.88. The molecule has 1 fully saturated rings. The van der Waals surface area contributed by atoms with Crippen molar-refractivity contribution in [3.63, 3.8) is 0 Å². The molecule has 2 unspecified atom stereocenters. The lowest BCUT2D eigenvalue weighted by Gasteiger charge is -2.37. The number of primary amides is 1. The number of rotatable bonds is 5. The first-order chi connectivity index (χ1) is 9.65. The molecule has 0 saturated carbocycles. The van der Waals surface area contributed by atoms with E-state index in [2.05, 4.69) is 26.8 Å². The first-order valence-electron chi connectivity index (χ1n) is 7.48. The van der Waals surface area contributed by atoms with E-state index in [0.717, 1.165) is 19.3 Å². The summed E-state index contributed by atoms with van der Waals surface area (Å²) in [6, 6.07) is 0. The van der Waals surface area contributed by atoms with E-state index in [0.29, 0.717) is 6.61 Å². The van der Waals surface area contributed by atoms with Gasteiger partial charge in [-0.05, 0) is 31.6 Å². The minimum absolute atomic E-state index is 0.166. The Morgan fingerprint density at radius 2 is 2.05 bits per heavy atom. The summed E-state index contributed by atoms with van der Waals surface area (Å²) < 4.78 is 10.5. The Bertz CT molecular complexity index is 471. The van der Waals surface area contributed by atoms with Gasteiger partial charge in [0.05, 0.1) is 6.61 Å². The zero-order valence-corrected chi connectivity index (χ0v) is 13.3. The lowest BCUT2D eigenvalue weighted by molar-refractivity contribution is -0.136. The van der Waals surface area contributed by atoms with Gasteiger partial charge in [0.25, 0.3) is 0 Å². The van der Waals surface area contributed by atoms with Gasteiger partial charge >= 0.3 is 6.09 Å². The van der Waals surface area contributed by atoms with Crippen LogP contribution in [-0.2, 0) is 14.3 Å². The minimum atomic E-state index is -0.912. The number of carbonyl (C=O) groups is 2. The van der Waals surface area contributed by atoms with Gasteiger partial charge in [-0.3, -0.25) is 4.79 Å². The largest absolute Gasteiger partial charge is 0.438 e. The monoisotopic (exact) mass is 295 g/mol. The summed E-state index contributed by atoms with van der Waals surface area (Å²) in [5.41, 5.74) is 5.35. The Hall–Kier alpha value is -1.36. The van der Waals surface area contributed by atoms with Gasteiger partial charge in [0.2, 0.25) is 5.78 Å². The summed E-state index contributed by atoms with van der Waals surface area (Å²) in [6.45, 7) is 8.27. The molecule has 5 heteroatoms. The molecule has 5 nitrogen and oxygen atoms in total. The maximum absolute atomic E-state index is 12.7. The van der Waals surface area contributed by atoms with Crippen molar-refractivity contribution >= 4 is 11.9 Å². The van der Waals surface area contributed by atoms with Gasteiger partial charge in [-0.2, -0.15) is 0 Å². The molecule has 2 N–H and O–H groups in total. The van der Waals surface area contributed by atoms with Crippen molar-refractivity contribution in [3.8, 4) is 0 Å². The molecule has 118 valence electrons. The third-order valence-electron chi connectivity index (χ3n) is 4.31. The molecule has 21 heavy (non-hydrogen) atoms. The lowest BCUT2D eigenvalue weighted by atomic mass is 9.70. The van der Waals surface area contributed by atoms with Crippen molar-refractivity contribution in [2.75, 3.05) is 6.61 Å². The van der Waals surface area contributed by atoms with Gasteiger partial charge in [-0.1, -0.05) is 32.4 Å². The van der Waals surface area contributed by atoms with Crippen LogP contribution in [0.4, 0.5) is 4.79 Å². The molecule has 0 bridgehead atoms. The van der Waals surface area contributed by atoms with Gasteiger partial charge in [-0.15, -0.1) is 0 Å². The molecule has 1 aliphatic heterocycles. The van der Waals surface area contributed by atoms with E-state index >= 15 is 0 Å². The van der Waals surface area contributed by atoms with E-state index in [4.69, 9.17) is 15.2 Å². The Balaban J connectivity index is 2.34. The standard InChI is InChI=1S/C16H25NO4/c1-15(2,3)11(10-7-5-6-8-10)12(21-14(17)19)13(18)16(4)9-20-16/h7,11-12H,5-6,8-9H2,1-4H3,(H2,17,19)/t11?,12?,16-/m1/s1. The number of allylic oxidation sites excluding steroid dienone is 1. The van der Waals surface area contributed by atoms with E-state index in [1.807, 2.05) is 0 Å². The smallest absolute Gasteiger partial charge is 0.405 e. The molecule has 0 aromatic heterocycles. The van der Waals surface area contributed by atoms with Crippen LogP contribution in [0.25, 0.3) is 0 Å². The fourth-order valence-corrected chi connectivity index (χ4v) is 3.13. The van der Waals surface area contributed by atoms with Gasteiger partial charge in [0, 0.05) is 5.92 Å². The predicted molar refractivity (Wildman–Crippen MR) is 78.7 cm³/mol. The van der Waals surface area contributed by atoms with Gasteiger partial charge < -0.3 is 15.2 Å². The number of epoxide rings is 1. The molecule has 1 heterocycles. The molecule has 1 saturated heterocycles. The second-order valence-corrected chi connectivity index (χ2v) is 7.26. The van der Waals surface area contributed by atoms with Crippen LogP contribution in [0.5, 0.6) is 0 Å². The van der Waals surface area contributed by atoms with Crippen molar-refractivity contribution in [3.05, 3.63) is 11.6 Å². The lowest BCUT2D eigenvalue weighted by Crippen LogP contribution is -2.47. The van der Waals surface area contributed by atoms with E-state index in [1.54, 1.807) is 6.92 Å². The van der Waals surface area contributed by atoms with Gasteiger partial charge in [-0.25, -0.2) is 4.79 Å². The van der Waals surface area contributed by atoms with E-state index in [9.17, 15) is 9.59 Å². The van der Waals surface area contributed by atoms with Gasteiger partial charge in [0.15, 0.2) is 11.7 Å². The zero-order chi connectivity index (χ0) is 15.8. The molecular weight excluding hydrogens is 270 g/mol. The van der Waals surface area contributed by atoms with Crippen molar-refractivity contribution < 1.29 is 19.1 Å². The van der Waals surface area contributed by atoms with Crippen molar-refractivity contribution in [1.82, 2.24) is 0 Å². The normalized spacial score (nSPS) is 27.7. The molecule has 1 amide bonds. The third kappa shape index (κ3) is 3.46. The number of ether oxygens (including phenoxy) is 2. The summed E-state index contributed by atoms with van der Waals surface area (Å²) in [4.78, 5) is 24.0. The molecular formula is C16H25NO4. The van der Waals surface area contributed by atoms with Crippen LogP contribution >= 0.6 is 0 Å². The van der Waals surface area contributed by atoms with Crippen molar-refractivity contribution in [1.29, 1.82) is 0 Å². The number of carbonyl (C=O) groups excluding carboxylic acids is 2. The highest BCUT2D eigenvalue weighted by Gasteiger charge is 2.54. The number of nitrogens with two attached hydrogens (primary N) is 1. The summed E-state index contributed by atoms with van der Waals surface area (Å²) >= 11 is 0. The fourth-order valence-electron chi connectivity index (χ4n) is 3.13. The molecule has 2 aliphatic rings. The Morgan fingerprint density at radius 1 is 1.43 bits per heavy atom. The SMILES string of the molecule is CC(C)(C)C(C1=CCCC1)C(OC(N)=O)C(=O)[C@@]1(C)CO1. The van der Waals surface area contributed by atoms with Crippen LogP contribution in [0.3, 0.4) is 0 Å². The topological polar surface area (TPSA) is 81.9 Å². The van der Waals surface area contributed by atoms with Crippen LogP contribution in [0.15, 0.2) is 11.6 Å². The quantitative estimate of drug-likeness (QED) is 0.624. The average molecular weight is 295 g/mol. The molecule has 0 aromatic rings. The molecule has 0 aromatic carbocycles. The third-order valence-corrected chi connectivity index (χ3v) is 4.31. The maximum atomic E-state index is 12.7. The number of Topliss-reactive ketones (excluding diaryl/α,β-unsaturated/α-hetero) is 1. The zero-order valence-electron chi connectivity index (χ0n) is 13.3. The molecule has 2 rings (SSSR count). The van der Waals surface area contributed by atoms with Crippen LogP contribution in [0.1, 0.15) is 47.0 Å². The number of amides is 1. The van der Waals surface area contributed by atoms with Crippen molar-refractivity contribution in [2.45, 2.75) is 58.7 Å². The Morgan fingerprint density at radius 3 is 2.43 bits per heavy atom. The highest BCUT2D eigenvalue weighted by atomic mass is 16.6. The minimum Gasteiger partial charge on any atom is -0.438 e. The van der Waals surface area contributed by atoms with E-state index < -0.39 is 17.8 Å². The maximum Gasteiger partial charge on any atom is 0.405 e. The molecule has 3 atom stereocenters. The summed E-state index contributed by atoms with van der Waals surface area (Å²) in [6.07, 6.45) is 3.40. The summed E-state index contributed by atoms with van der Waals surface area (Å²) in [5, 5.41) is 0. The first-order valence-corrected chi connectivity index (χ1v) is 7.48. The Labute approximate surface area is 125 Å². The van der Waals surface area contributed by atoms with Crippen LogP contribution in [-0.4, -0.2) is 30.2 Å². The summed E-state index contributed by atoms with van der Waals surface area (Å²) in [7, 11) is 0. The molecule has 1 aliphatic carbocycles. The van der Waals surface area contributed by atoms with Crippen LogP contribution in [0, 0.1) is 11.3 Å². The summed E-state index contributed by atoms with van der Waals surface area (Å²) in [5.74, 6) is -0.352. The molecule has 0 spiro atoms. The number of ketones is 1. The van der Waals surface area contributed by atoms with E-state index in [1.165, 1.54) is 5.57 Å². The molecule has 0 radical (unpaired) electrons. The highest BCUT2D eigenvalue weighted by molar-refractivity contribution is 5.94. The fraction of sp³-hybridized carbons (Fsp3) is 0.750. The van der Waals surface area contributed by atoms with E-state index in [-0.39, 0.29) is 17.1 Å². The number of hydrogen-bond acceptors (Lipinski definition) is 4. The Kier molecular flexibility index (Phi) is 4.15.